The number of pyridine rings is 1. The first-order valence-corrected chi connectivity index (χ1v) is 6.75. The van der Waals surface area contributed by atoms with Gasteiger partial charge in [0.1, 0.15) is 5.82 Å². The van der Waals surface area contributed by atoms with Crippen LogP contribution in [0.5, 0.6) is 0 Å². The Morgan fingerprint density at radius 2 is 2.21 bits per heavy atom. The fourth-order valence-corrected chi connectivity index (χ4v) is 2.37. The van der Waals surface area contributed by atoms with E-state index in [0.717, 1.165) is 19.6 Å². The van der Waals surface area contributed by atoms with Crippen LogP contribution in [0.4, 0.5) is 11.5 Å². The number of anilines is 1. The third-order valence-electron chi connectivity index (χ3n) is 3.55. The molecule has 1 aliphatic rings. The van der Waals surface area contributed by atoms with Crippen molar-refractivity contribution < 1.29 is 4.92 Å². The molecule has 2 heterocycles. The maximum Gasteiger partial charge on any atom is 0.274 e. The van der Waals surface area contributed by atoms with E-state index in [1.54, 1.807) is 0 Å². The third-order valence-corrected chi connectivity index (χ3v) is 3.55. The lowest BCUT2D eigenvalue weighted by Gasteiger charge is -2.32. The van der Waals surface area contributed by atoms with Crippen LogP contribution in [0.15, 0.2) is 18.3 Å². The van der Waals surface area contributed by atoms with Crippen molar-refractivity contribution in [2.24, 2.45) is 0 Å². The van der Waals surface area contributed by atoms with Gasteiger partial charge in [0, 0.05) is 24.8 Å². The van der Waals surface area contributed by atoms with E-state index in [1.165, 1.54) is 37.6 Å². The Bertz CT molecular complexity index is 432. The Morgan fingerprint density at radius 1 is 1.47 bits per heavy atom. The molecule has 1 unspecified atom stereocenters. The zero-order valence-electron chi connectivity index (χ0n) is 11.2. The van der Waals surface area contributed by atoms with Gasteiger partial charge in [-0.1, -0.05) is 6.42 Å². The van der Waals surface area contributed by atoms with Gasteiger partial charge in [0.05, 0.1) is 11.0 Å². The van der Waals surface area contributed by atoms with Gasteiger partial charge in [0.15, 0.2) is 0 Å². The van der Waals surface area contributed by atoms with Crippen molar-refractivity contribution in [1.29, 1.82) is 0 Å². The van der Waals surface area contributed by atoms with Crippen molar-refractivity contribution in [3.63, 3.8) is 0 Å². The molecule has 1 aliphatic heterocycles. The fourth-order valence-electron chi connectivity index (χ4n) is 2.37. The van der Waals surface area contributed by atoms with Gasteiger partial charge >= 0.3 is 0 Å². The minimum Gasteiger partial charge on any atom is -0.368 e. The van der Waals surface area contributed by atoms with E-state index < -0.39 is 4.92 Å². The molecule has 19 heavy (non-hydrogen) atoms. The molecule has 0 radical (unpaired) electrons. The fraction of sp³-hybridized carbons (Fsp3) is 0.615. The van der Waals surface area contributed by atoms with Gasteiger partial charge in [-0.3, -0.25) is 15.0 Å². The van der Waals surface area contributed by atoms with E-state index in [4.69, 9.17) is 0 Å². The van der Waals surface area contributed by atoms with E-state index in [9.17, 15) is 10.1 Å². The van der Waals surface area contributed by atoms with E-state index >= 15 is 0 Å². The number of nitrogens with zero attached hydrogens (tertiary/aromatic N) is 3. The normalized spacial score (nSPS) is 17.9. The minimum atomic E-state index is -0.402. The maximum absolute atomic E-state index is 10.7. The van der Waals surface area contributed by atoms with Crippen LogP contribution >= 0.6 is 0 Å². The summed E-state index contributed by atoms with van der Waals surface area (Å²) in [6.07, 6.45) is 5.31. The van der Waals surface area contributed by atoms with Crippen molar-refractivity contribution in [2.45, 2.75) is 32.2 Å². The third kappa shape index (κ3) is 3.89. The Balaban J connectivity index is 1.87. The van der Waals surface area contributed by atoms with Crippen LogP contribution in [0.2, 0.25) is 0 Å². The summed E-state index contributed by atoms with van der Waals surface area (Å²) in [5.74, 6) is 0.568. The van der Waals surface area contributed by atoms with Gasteiger partial charge in [-0.15, -0.1) is 0 Å². The summed E-state index contributed by atoms with van der Waals surface area (Å²) in [5.41, 5.74) is 0.0723. The quantitative estimate of drug-likeness (QED) is 0.652. The summed E-state index contributed by atoms with van der Waals surface area (Å²) in [4.78, 5) is 16.8. The molecule has 6 nitrogen and oxygen atoms in total. The van der Waals surface area contributed by atoms with Crippen molar-refractivity contribution in [2.75, 3.05) is 25.0 Å². The molecule has 0 aromatic carbocycles. The molecule has 1 aromatic heterocycles. The van der Waals surface area contributed by atoms with Crippen molar-refractivity contribution in [3.05, 3.63) is 28.4 Å². The molecule has 1 aromatic rings. The van der Waals surface area contributed by atoms with Crippen LogP contribution in [0.25, 0.3) is 0 Å². The average molecular weight is 264 g/mol. The molecule has 0 aliphatic carbocycles. The molecule has 2 rings (SSSR count). The highest BCUT2D eigenvalue weighted by Gasteiger charge is 2.16. The molecular weight excluding hydrogens is 244 g/mol. The second kappa shape index (κ2) is 6.47. The summed E-state index contributed by atoms with van der Waals surface area (Å²) in [7, 11) is 0. The molecule has 1 N–H and O–H groups in total. The molecule has 0 spiro atoms. The summed E-state index contributed by atoms with van der Waals surface area (Å²) >= 11 is 0. The summed E-state index contributed by atoms with van der Waals surface area (Å²) in [6.45, 7) is 5.22. The summed E-state index contributed by atoms with van der Waals surface area (Å²) in [6, 6.07) is 3.30. The molecule has 1 atom stereocenters. The molecule has 0 saturated carbocycles. The van der Waals surface area contributed by atoms with E-state index in [0.29, 0.717) is 11.9 Å². The van der Waals surface area contributed by atoms with Gasteiger partial charge in [-0.05, 0) is 32.9 Å². The standard InChI is InChI=1S/C13H20N4O2/c1-11(16-7-3-2-4-8-16)10-15-13-9-12(17(18)19)5-6-14-13/h5-6,9,11H,2-4,7-8,10H2,1H3,(H,14,15). The number of piperidine rings is 1. The Kier molecular flexibility index (Phi) is 4.68. The van der Waals surface area contributed by atoms with Gasteiger partial charge < -0.3 is 5.32 Å². The van der Waals surface area contributed by atoms with Crippen molar-refractivity contribution >= 4 is 11.5 Å². The van der Waals surface area contributed by atoms with E-state index in [2.05, 4.69) is 22.1 Å². The largest absolute Gasteiger partial charge is 0.368 e. The van der Waals surface area contributed by atoms with Crippen LogP contribution in [0.1, 0.15) is 26.2 Å². The lowest BCUT2D eigenvalue weighted by molar-refractivity contribution is -0.384. The van der Waals surface area contributed by atoms with Gasteiger partial charge in [0.2, 0.25) is 0 Å². The number of aromatic nitrogens is 1. The predicted octanol–water partition coefficient (Wildman–Crippen LogP) is 2.28. The SMILES string of the molecule is CC(CNc1cc([N+](=O)[O-])ccn1)N1CCCCC1. The topological polar surface area (TPSA) is 71.3 Å². The highest BCUT2D eigenvalue weighted by Crippen LogP contribution is 2.15. The predicted molar refractivity (Wildman–Crippen MR) is 74.3 cm³/mol. The van der Waals surface area contributed by atoms with E-state index in [-0.39, 0.29) is 5.69 Å². The number of nitro groups is 1. The maximum atomic E-state index is 10.7. The molecular formula is C13H20N4O2. The Morgan fingerprint density at radius 3 is 2.89 bits per heavy atom. The number of hydrogen-bond donors (Lipinski definition) is 1. The highest BCUT2D eigenvalue weighted by atomic mass is 16.6. The Hall–Kier alpha value is -1.69. The minimum absolute atomic E-state index is 0.0723. The molecule has 0 amide bonds. The van der Waals surface area contributed by atoms with Gasteiger partial charge in [-0.25, -0.2) is 4.98 Å². The first-order chi connectivity index (χ1) is 9.16. The monoisotopic (exact) mass is 264 g/mol. The highest BCUT2D eigenvalue weighted by molar-refractivity contribution is 5.44. The lowest BCUT2D eigenvalue weighted by Crippen LogP contribution is -2.41. The molecule has 1 fully saturated rings. The summed E-state index contributed by atoms with van der Waals surface area (Å²) < 4.78 is 0. The zero-order chi connectivity index (χ0) is 13.7. The molecule has 104 valence electrons. The van der Waals surface area contributed by atoms with Crippen molar-refractivity contribution in [1.82, 2.24) is 9.88 Å². The Labute approximate surface area is 113 Å². The van der Waals surface area contributed by atoms with Crippen LogP contribution in [0, 0.1) is 10.1 Å². The van der Waals surface area contributed by atoms with Crippen LogP contribution < -0.4 is 5.32 Å². The van der Waals surface area contributed by atoms with E-state index in [1.807, 2.05) is 0 Å². The first-order valence-electron chi connectivity index (χ1n) is 6.75. The second-order valence-electron chi connectivity index (χ2n) is 4.98. The lowest BCUT2D eigenvalue weighted by atomic mass is 10.1. The van der Waals surface area contributed by atoms with Crippen LogP contribution in [0.3, 0.4) is 0 Å². The smallest absolute Gasteiger partial charge is 0.274 e. The van der Waals surface area contributed by atoms with Crippen LogP contribution in [-0.4, -0.2) is 40.5 Å². The molecule has 1 saturated heterocycles. The number of hydrogen-bond acceptors (Lipinski definition) is 5. The first kappa shape index (κ1) is 13.7. The van der Waals surface area contributed by atoms with Crippen molar-refractivity contribution in [3.8, 4) is 0 Å². The molecule has 6 heteroatoms. The summed E-state index contributed by atoms with van der Waals surface area (Å²) in [5, 5.41) is 13.9. The average Bonchev–Trinajstić information content (AvgIpc) is 2.46. The zero-order valence-corrected chi connectivity index (χ0v) is 11.2. The molecule has 0 bridgehead atoms. The van der Waals surface area contributed by atoms with Gasteiger partial charge in [0.25, 0.3) is 5.69 Å². The van der Waals surface area contributed by atoms with Crippen LogP contribution in [-0.2, 0) is 0 Å². The van der Waals surface area contributed by atoms with Gasteiger partial charge in [-0.2, -0.15) is 0 Å². The number of likely N-dealkylation sites (tertiary alicyclic amines) is 1. The second-order valence-corrected chi connectivity index (χ2v) is 4.98. The number of nitrogens with one attached hydrogen (secondary N) is 1. The number of rotatable bonds is 5.